The quantitative estimate of drug-likeness (QED) is 0.429. The van der Waals surface area contributed by atoms with Crippen LogP contribution >= 0.6 is 0 Å². The van der Waals surface area contributed by atoms with Gasteiger partial charge in [0.15, 0.2) is 5.03 Å². The second kappa shape index (κ2) is 11.7. The Bertz CT molecular complexity index is 1140. The summed E-state index contributed by atoms with van der Waals surface area (Å²) in [6.07, 6.45) is 0.720. The van der Waals surface area contributed by atoms with Crippen LogP contribution < -0.4 is 10.6 Å². The van der Waals surface area contributed by atoms with Crippen LogP contribution in [0.5, 0.6) is 0 Å². The molecular formula is C25H35N5O4S. The highest BCUT2D eigenvalue weighted by molar-refractivity contribution is 7.92. The van der Waals surface area contributed by atoms with Crippen molar-refractivity contribution in [2.24, 2.45) is 5.92 Å². The van der Waals surface area contributed by atoms with Crippen molar-refractivity contribution in [1.82, 2.24) is 24.8 Å². The van der Waals surface area contributed by atoms with Gasteiger partial charge in [-0.2, -0.15) is 4.31 Å². The van der Waals surface area contributed by atoms with E-state index in [9.17, 15) is 18.3 Å². The Morgan fingerprint density at radius 2 is 1.89 bits per heavy atom. The maximum Gasteiger partial charge on any atom is 0.270 e. The van der Waals surface area contributed by atoms with E-state index in [2.05, 4.69) is 15.6 Å². The average Bonchev–Trinajstić information content (AvgIpc) is 3.25. The molecular weight excluding hydrogens is 466 g/mol. The molecule has 9 nitrogen and oxygen atoms in total. The molecule has 1 aromatic carbocycles. The first-order valence-corrected chi connectivity index (χ1v) is 13.1. The van der Waals surface area contributed by atoms with Crippen LogP contribution in [0.4, 0.5) is 0 Å². The zero-order valence-electron chi connectivity index (χ0n) is 20.7. The summed E-state index contributed by atoms with van der Waals surface area (Å²) in [5.41, 5.74) is 1.86. The minimum Gasteiger partial charge on any atom is -0.390 e. The largest absolute Gasteiger partial charge is 0.390 e. The van der Waals surface area contributed by atoms with Crippen molar-refractivity contribution in [3.05, 3.63) is 76.7 Å². The lowest BCUT2D eigenvalue weighted by atomic mass is 10.0. The molecule has 0 fully saturated rings. The molecule has 0 radical (unpaired) electrons. The van der Waals surface area contributed by atoms with Crippen LogP contribution in [-0.4, -0.2) is 72.6 Å². The van der Waals surface area contributed by atoms with Crippen molar-refractivity contribution < 1.29 is 18.3 Å². The molecule has 0 saturated carbocycles. The second-order valence-corrected chi connectivity index (χ2v) is 11.2. The summed E-state index contributed by atoms with van der Waals surface area (Å²) in [5, 5.41) is 17.2. The number of aromatic nitrogens is 1. The number of pyridine rings is 1. The molecule has 0 spiro atoms. The SMILES string of the molecule is Cc1cccc(C(=O)NC(Cc2ccccc2)C(O)CN(CC(C)C)S(=O)(=O)C2=CN(C)CN2)n1. The van der Waals surface area contributed by atoms with Gasteiger partial charge in [-0.1, -0.05) is 50.2 Å². The number of hydrogen-bond donors (Lipinski definition) is 3. The smallest absolute Gasteiger partial charge is 0.270 e. The van der Waals surface area contributed by atoms with Gasteiger partial charge in [0.2, 0.25) is 0 Å². The lowest BCUT2D eigenvalue weighted by Crippen LogP contribution is -2.51. The van der Waals surface area contributed by atoms with Gasteiger partial charge in [0.05, 0.1) is 18.8 Å². The van der Waals surface area contributed by atoms with Crippen molar-refractivity contribution in [2.45, 2.75) is 39.3 Å². The second-order valence-electron chi connectivity index (χ2n) is 9.30. The van der Waals surface area contributed by atoms with E-state index >= 15 is 0 Å². The van der Waals surface area contributed by atoms with E-state index in [-0.39, 0.29) is 29.7 Å². The van der Waals surface area contributed by atoms with Crippen LogP contribution in [0, 0.1) is 12.8 Å². The summed E-state index contributed by atoms with van der Waals surface area (Å²) in [6, 6.07) is 13.9. The number of amides is 1. The molecule has 2 atom stereocenters. The summed E-state index contributed by atoms with van der Waals surface area (Å²) in [7, 11) is -2.08. The first kappa shape index (κ1) is 26.7. The van der Waals surface area contributed by atoms with Crippen molar-refractivity contribution in [1.29, 1.82) is 0 Å². The Labute approximate surface area is 207 Å². The number of sulfonamides is 1. The number of aliphatic hydroxyl groups excluding tert-OH is 1. The number of rotatable bonds is 11. The van der Waals surface area contributed by atoms with E-state index in [1.807, 2.05) is 44.2 Å². The van der Waals surface area contributed by atoms with Crippen LogP contribution in [0.1, 0.15) is 35.6 Å². The third kappa shape index (κ3) is 7.27. The van der Waals surface area contributed by atoms with E-state index < -0.39 is 28.1 Å². The fraction of sp³-hybridized carbons (Fsp3) is 0.440. The van der Waals surface area contributed by atoms with Gasteiger partial charge in [0, 0.05) is 32.0 Å². The molecule has 1 aromatic heterocycles. The molecule has 10 heteroatoms. The highest BCUT2D eigenvalue weighted by Crippen LogP contribution is 2.19. The molecule has 1 amide bonds. The first-order valence-electron chi connectivity index (χ1n) is 11.7. The summed E-state index contributed by atoms with van der Waals surface area (Å²) in [6.45, 7) is 6.10. The number of carbonyl (C=O) groups is 1. The fourth-order valence-corrected chi connectivity index (χ4v) is 5.55. The summed E-state index contributed by atoms with van der Waals surface area (Å²) in [4.78, 5) is 19.0. The third-order valence-corrected chi connectivity index (χ3v) is 7.40. The molecule has 3 N–H and O–H groups in total. The zero-order chi connectivity index (χ0) is 25.6. The lowest BCUT2D eigenvalue weighted by Gasteiger charge is -2.30. The van der Waals surface area contributed by atoms with E-state index in [0.29, 0.717) is 18.8 Å². The number of carbonyl (C=O) groups excluding carboxylic acids is 1. The molecule has 1 aliphatic heterocycles. The Morgan fingerprint density at radius 3 is 2.49 bits per heavy atom. The molecule has 35 heavy (non-hydrogen) atoms. The maximum atomic E-state index is 13.4. The van der Waals surface area contributed by atoms with E-state index in [1.165, 1.54) is 4.31 Å². The molecule has 2 unspecified atom stereocenters. The minimum atomic E-state index is -3.86. The standard InChI is InChI=1S/C25H35N5O4S/c1-18(2)14-30(35(33,34)24-16-29(4)17-26-24)15-23(31)22(13-20-10-6-5-7-11-20)28-25(32)21-12-8-9-19(3)27-21/h5-12,16,18,22-23,26,31H,13-15,17H2,1-4H3,(H,28,32). The van der Waals surface area contributed by atoms with Crippen LogP contribution in [0.2, 0.25) is 0 Å². The summed E-state index contributed by atoms with van der Waals surface area (Å²) < 4.78 is 28.0. The van der Waals surface area contributed by atoms with E-state index in [0.717, 1.165) is 5.56 Å². The van der Waals surface area contributed by atoms with Gasteiger partial charge in [-0.25, -0.2) is 13.4 Å². The Kier molecular flexibility index (Phi) is 8.87. The maximum absolute atomic E-state index is 13.4. The zero-order valence-corrected chi connectivity index (χ0v) is 21.5. The Balaban J connectivity index is 1.85. The minimum absolute atomic E-state index is 0.0374. The molecule has 0 bridgehead atoms. The van der Waals surface area contributed by atoms with Crippen LogP contribution in [0.3, 0.4) is 0 Å². The lowest BCUT2D eigenvalue weighted by molar-refractivity contribution is 0.0772. The predicted molar refractivity (Wildman–Crippen MR) is 136 cm³/mol. The van der Waals surface area contributed by atoms with Crippen LogP contribution in [0.15, 0.2) is 59.8 Å². The van der Waals surface area contributed by atoms with E-state index in [1.54, 1.807) is 43.3 Å². The number of nitrogens with zero attached hydrogens (tertiary/aromatic N) is 3. The van der Waals surface area contributed by atoms with Gasteiger partial charge in [0.25, 0.3) is 15.9 Å². The Hall–Kier alpha value is -2.95. The molecule has 1 aliphatic rings. The third-order valence-electron chi connectivity index (χ3n) is 5.62. The van der Waals surface area contributed by atoms with Gasteiger partial charge in [0.1, 0.15) is 5.69 Å². The topological polar surface area (TPSA) is 115 Å². The van der Waals surface area contributed by atoms with Crippen molar-refractivity contribution in [3.63, 3.8) is 0 Å². The van der Waals surface area contributed by atoms with Gasteiger partial charge in [-0.3, -0.25) is 4.79 Å². The molecule has 2 heterocycles. The number of hydrogen-bond acceptors (Lipinski definition) is 7. The monoisotopic (exact) mass is 501 g/mol. The van der Waals surface area contributed by atoms with Crippen LogP contribution in [0.25, 0.3) is 0 Å². The molecule has 0 saturated heterocycles. The number of benzene rings is 1. The normalized spacial score (nSPS) is 15.6. The Morgan fingerprint density at radius 1 is 1.17 bits per heavy atom. The van der Waals surface area contributed by atoms with Crippen molar-refractivity contribution >= 4 is 15.9 Å². The van der Waals surface area contributed by atoms with Gasteiger partial charge < -0.3 is 20.6 Å². The van der Waals surface area contributed by atoms with Crippen molar-refractivity contribution in [2.75, 3.05) is 26.8 Å². The number of aliphatic hydroxyl groups is 1. The number of nitrogens with one attached hydrogen (secondary N) is 2. The molecule has 2 aromatic rings. The van der Waals surface area contributed by atoms with Gasteiger partial charge >= 0.3 is 0 Å². The molecule has 0 aliphatic carbocycles. The molecule has 3 rings (SSSR count). The van der Waals surface area contributed by atoms with Crippen LogP contribution in [-0.2, 0) is 16.4 Å². The summed E-state index contributed by atoms with van der Waals surface area (Å²) in [5.74, 6) is -0.385. The van der Waals surface area contributed by atoms with Gasteiger partial charge in [-0.15, -0.1) is 0 Å². The number of aryl methyl sites for hydroxylation is 1. The van der Waals surface area contributed by atoms with Gasteiger partial charge in [-0.05, 0) is 37.0 Å². The van der Waals surface area contributed by atoms with Crippen molar-refractivity contribution in [3.8, 4) is 0 Å². The first-order chi connectivity index (χ1) is 16.6. The summed E-state index contributed by atoms with van der Waals surface area (Å²) >= 11 is 0. The highest BCUT2D eigenvalue weighted by Gasteiger charge is 2.34. The van der Waals surface area contributed by atoms with E-state index in [4.69, 9.17) is 0 Å². The fourth-order valence-electron chi connectivity index (χ4n) is 3.87. The average molecular weight is 502 g/mol. The molecule has 190 valence electrons. The predicted octanol–water partition coefficient (Wildman–Crippen LogP) is 1.67. The highest BCUT2D eigenvalue weighted by atomic mass is 32.2.